The third-order valence-corrected chi connectivity index (χ3v) is 7.98. The third-order valence-electron chi connectivity index (χ3n) is 4.83. The highest BCUT2D eigenvalue weighted by Gasteiger charge is 2.39. The molecule has 0 aliphatic carbocycles. The van der Waals surface area contributed by atoms with Crippen LogP contribution in [0.5, 0.6) is 5.75 Å². The Hall–Kier alpha value is -1.44. The first-order valence-corrected chi connectivity index (χ1v) is 11.9. The lowest BCUT2D eigenvalue weighted by molar-refractivity contribution is 0.0655. The van der Waals surface area contributed by atoms with Crippen molar-refractivity contribution < 1.29 is 18.0 Å². The molecule has 6 heteroatoms. The molecule has 0 aromatic heterocycles. The highest BCUT2D eigenvalue weighted by atomic mass is 28.4. The molecule has 1 heterocycles. The fourth-order valence-corrected chi connectivity index (χ4v) is 6.30. The van der Waals surface area contributed by atoms with Crippen LogP contribution in [-0.2, 0) is 19.8 Å². The highest BCUT2D eigenvalue weighted by molar-refractivity contribution is 6.60. The molecule has 3 rings (SSSR count). The van der Waals surface area contributed by atoms with E-state index >= 15 is 0 Å². The van der Waals surface area contributed by atoms with Crippen LogP contribution in [-0.4, -0.2) is 46.8 Å². The Balaban J connectivity index is 1.63. The molecule has 0 unspecified atom stereocenters. The monoisotopic (exact) mass is 389 g/mol. The van der Waals surface area contributed by atoms with Gasteiger partial charge in [0.1, 0.15) is 12.5 Å². The zero-order valence-corrected chi connectivity index (χ0v) is 17.7. The summed E-state index contributed by atoms with van der Waals surface area (Å²) in [5.41, 5.74) is 1.28. The number of rotatable bonds is 10. The van der Waals surface area contributed by atoms with Crippen LogP contribution in [0.15, 0.2) is 36.4 Å². The molecule has 148 valence electrons. The molecule has 0 saturated carbocycles. The van der Waals surface area contributed by atoms with Gasteiger partial charge in [0.15, 0.2) is 0 Å². The molecule has 1 aliphatic heterocycles. The Labute approximate surface area is 163 Å². The number of benzene rings is 2. The molecule has 0 fully saturated rings. The topological polar surface area (TPSA) is 40.2 Å². The summed E-state index contributed by atoms with van der Waals surface area (Å²) in [5, 5.41) is 2.54. The minimum atomic E-state index is -2.56. The predicted molar refractivity (Wildman–Crippen MR) is 110 cm³/mol. The minimum Gasteiger partial charge on any atom is -0.478 e. The van der Waals surface area contributed by atoms with Crippen molar-refractivity contribution in [1.29, 1.82) is 0 Å². The molecule has 2 aromatic carbocycles. The molecule has 0 amide bonds. The van der Waals surface area contributed by atoms with Crippen molar-refractivity contribution in [3.05, 3.63) is 42.0 Å². The maximum absolute atomic E-state index is 6.01. The summed E-state index contributed by atoms with van der Waals surface area (Å²) in [5.74, 6) is 1.01. The van der Waals surface area contributed by atoms with Crippen LogP contribution < -0.4 is 4.74 Å². The second-order valence-corrected chi connectivity index (χ2v) is 9.41. The molecule has 0 atom stereocenters. The molecule has 0 N–H and O–H groups in total. The average Bonchev–Trinajstić information content (AvgIpc) is 2.68. The number of fused-ring (bicyclic) bond motifs is 3. The molecule has 2 aromatic rings. The van der Waals surface area contributed by atoms with Crippen LogP contribution in [0.3, 0.4) is 0 Å². The first kappa shape index (κ1) is 20.3. The summed E-state index contributed by atoms with van der Waals surface area (Å²) >= 11 is 0. The number of ether oxygens (including phenoxy) is 1. The molecule has 1 aliphatic rings. The molecule has 5 nitrogen and oxygen atoms in total. The van der Waals surface area contributed by atoms with Gasteiger partial charge in [-0.25, -0.2) is 0 Å². The van der Waals surface area contributed by atoms with Gasteiger partial charge in [0.05, 0.1) is 0 Å². The molecule has 0 saturated heterocycles. The summed E-state index contributed by atoms with van der Waals surface area (Å²) in [6, 6.07) is 13.6. The second kappa shape index (κ2) is 9.66. The smallest absolute Gasteiger partial charge is 0.478 e. The van der Waals surface area contributed by atoms with Crippen molar-refractivity contribution in [2.75, 3.05) is 33.1 Å². The largest absolute Gasteiger partial charge is 0.500 e. The van der Waals surface area contributed by atoms with Crippen LogP contribution in [0.4, 0.5) is 0 Å². The SMILES string of the molecule is CCO[Si](CCCN1COc2ccc3ccccc3c2C1)(OCC)OCC. The lowest BCUT2D eigenvalue weighted by atomic mass is 10.0. The first-order valence-electron chi connectivity index (χ1n) is 9.99. The molecular weight excluding hydrogens is 358 g/mol. The van der Waals surface area contributed by atoms with E-state index in [4.69, 9.17) is 18.0 Å². The molecular formula is C21H31NO4Si. The summed E-state index contributed by atoms with van der Waals surface area (Å²) in [4.78, 5) is 2.35. The first-order chi connectivity index (χ1) is 13.2. The zero-order chi connectivity index (χ0) is 19.1. The van der Waals surface area contributed by atoms with Crippen molar-refractivity contribution >= 4 is 19.6 Å². The second-order valence-electron chi connectivity index (χ2n) is 6.67. The van der Waals surface area contributed by atoms with E-state index in [0.717, 1.165) is 31.3 Å². The summed E-state index contributed by atoms with van der Waals surface area (Å²) in [6.45, 7) is 10.3. The Morgan fingerprint density at radius 2 is 1.67 bits per heavy atom. The average molecular weight is 390 g/mol. The van der Waals surface area contributed by atoms with E-state index in [1.807, 2.05) is 20.8 Å². The maximum Gasteiger partial charge on any atom is 0.500 e. The van der Waals surface area contributed by atoms with Crippen molar-refractivity contribution in [2.45, 2.75) is 39.8 Å². The number of hydrogen-bond acceptors (Lipinski definition) is 5. The van der Waals surface area contributed by atoms with E-state index in [9.17, 15) is 0 Å². The Morgan fingerprint density at radius 1 is 0.963 bits per heavy atom. The van der Waals surface area contributed by atoms with Gasteiger partial charge in [-0.2, -0.15) is 0 Å². The Bertz CT molecular complexity index is 722. The van der Waals surface area contributed by atoms with Gasteiger partial charge in [0.25, 0.3) is 0 Å². The van der Waals surface area contributed by atoms with E-state index in [0.29, 0.717) is 26.6 Å². The van der Waals surface area contributed by atoms with Gasteiger partial charge in [-0.3, -0.25) is 4.90 Å². The minimum absolute atomic E-state index is 0.623. The van der Waals surface area contributed by atoms with E-state index in [1.165, 1.54) is 16.3 Å². The van der Waals surface area contributed by atoms with Crippen LogP contribution in [0.25, 0.3) is 10.8 Å². The maximum atomic E-state index is 6.01. The van der Waals surface area contributed by atoms with Crippen LogP contribution >= 0.6 is 0 Å². The lowest BCUT2D eigenvalue weighted by Gasteiger charge is -2.32. The summed E-state index contributed by atoms with van der Waals surface area (Å²) in [7, 11) is -2.56. The van der Waals surface area contributed by atoms with E-state index in [2.05, 4.69) is 41.3 Å². The third kappa shape index (κ3) is 4.89. The van der Waals surface area contributed by atoms with Crippen LogP contribution in [0, 0.1) is 0 Å². The molecule has 0 radical (unpaired) electrons. The van der Waals surface area contributed by atoms with Gasteiger partial charge in [-0.15, -0.1) is 0 Å². The zero-order valence-electron chi connectivity index (χ0n) is 16.7. The van der Waals surface area contributed by atoms with Crippen molar-refractivity contribution in [2.24, 2.45) is 0 Å². The van der Waals surface area contributed by atoms with Gasteiger partial charge >= 0.3 is 8.80 Å². The highest BCUT2D eigenvalue weighted by Crippen LogP contribution is 2.32. The molecule has 27 heavy (non-hydrogen) atoms. The summed E-state index contributed by atoms with van der Waals surface area (Å²) < 4.78 is 23.9. The Kier molecular flexibility index (Phi) is 7.26. The van der Waals surface area contributed by atoms with Crippen LogP contribution in [0.1, 0.15) is 32.8 Å². The van der Waals surface area contributed by atoms with Gasteiger partial charge in [0, 0.05) is 44.5 Å². The standard InChI is InChI=1S/C21H31NO4Si/c1-4-24-27(25-5-2,26-6-3)15-9-14-22-16-20-19-11-8-7-10-18(19)12-13-21(20)23-17-22/h7-8,10-13H,4-6,9,14-17H2,1-3H3. The normalized spacial score (nSPS) is 14.9. The predicted octanol–water partition coefficient (Wildman–Crippen LogP) is 4.43. The van der Waals surface area contributed by atoms with Gasteiger partial charge in [-0.05, 0) is 44.0 Å². The quantitative estimate of drug-likeness (QED) is 0.562. The summed E-state index contributed by atoms with van der Waals surface area (Å²) in [6.07, 6.45) is 0.968. The van der Waals surface area contributed by atoms with Crippen molar-refractivity contribution in [3.63, 3.8) is 0 Å². The van der Waals surface area contributed by atoms with E-state index in [-0.39, 0.29) is 0 Å². The fraction of sp³-hybridized carbons (Fsp3) is 0.524. The molecule has 0 spiro atoms. The lowest BCUT2D eigenvalue weighted by Crippen LogP contribution is -2.46. The van der Waals surface area contributed by atoms with Gasteiger partial charge < -0.3 is 18.0 Å². The molecule has 0 bridgehead atoms. The number of hydrogen-bond donors (Lipinski definition) is 0. The van der Waals surface area contributed by atoms with E-state index in [1.54, 1.807) is 0 Å². The number of nitrogens with zero attached hydrogens (tertiary/aromatic N) is 1. The van der Waals surface area contributed by atoms with Gasteiger partial charge in [0.2, 0.25) is 0 Å². The van der Waals surface area contributed by atoms with Crippen molar-refractivity contribution in [1.82, 2.24) is 4.90 Å². The van der Waals surface area contributed by atoms with Gasteiger partial charge in [-0.1, -0.05) is 30.3 Å². The fourth-order valence-electron chi connectivity index (χ4n) is 3.71. The van der Waals surface area contributed by atoms with Crippen LogP contribution in [0.2, 0.25) is 6.04 Å². The van der Waals surface area contributed by atoms with Crippen molar-refractivity contribution in [3.8, 4) is 5.75 Å². The van der Waals surface area contributed by atoms with E-state index < -0.39 is 8.80 Å². The Morgan fingerprint density at radius 3 is 2.37 bits per heavy atom.